The number of halogens is 4. The second-order valence-electron chi connectivity index (χ2n) is 7.15. The number of nitrogens with zero attached hydrogens (tertiary/aromatic N) is 4. The molecule has 0 bridgehead atoms. The molecule has 0 radical (unpaired) electrons. The van der Waals surface area contributed by atoms with Crippen LogP contribution in [0.25, 0.3) is 0 Å². The maximum atomic E-state index is 13.6. The SMILES string of the molecule is CCNC(=NCCC(O)(c1nccn1C)C(F)(F)F)N(C)CCOCC1CC1.I. The summed E-state index contributed by atoms with van der Waals surface area (Å²) in [6, 6.07) is 0. The Morgan fingerprint density at radius 3 is 2.66 bits per heavy atom. The van der Waals surface area contributed by atoms with Gasteiger partial charge in [-0.05, 0) is 25.7 Å². The Kier molecular flexibility index (Phi) is 10.2. The van der Waals surface area contributed by atoms with E-state index >= 15 is 0 Å². The van der Waals surface area contributed by atoms with Crippen molar-refractivity contribution in [3.63, 3.8) is 0 Å². The van der Waals surface area contributed by atoms with Crippen molar-refractivity contribution in [1.82, 2.24) is 19.8 Å². The molecule has 1 aromatic heterocycles. The minimum atomic E-state index is -4.86. The van der Waals surface area contributed by atoms with E-state index in [1.54, 1.807) is 7.05 Å². The lowest BCUT2D eigenvalue weighted by Gasteiger charge is -2.29. The van der Waals surface area contributed by atoms with Gasteiger partial charge in [0, 0.05) is 59.2 Å². The zero-order valence-corrected chi connectivity index (χ0v) is 19.4. The molecule has 7 nitrogen and oxygen atoms in total. The lowest BCUT2D eigenvalue weighted by atomic mass is 9.98. The summed E-state index contributed by atoms with van der Waals surface area (Å²) in [6.45, 7) is 4.10. The van der Waals surface area contributed by atoms with Crippen LogP contribution in [0.2, 0.25) is 0 Å². The molecule has 1 fully saturated rings. The van der Waals surface area contributed by atoms with Gasteiger partial charge >= 0.3 is 6.18 Å². The smallest absolute Gasteiger partial charge is 0.379 e. The third-order valence-electron chi connectivity index (χ3n) is 4.71. The van der Waals surface area contributed by atoms with E-state index in [0.717, 1.165) is 6.61 Å². The number of ether oxygens (including phenoxy) is 1. The number of aliphatic imine (C=N–C) groups is 1. The molecule has 2 N–H and O–H groups in total. The Hall–Kier alpha value is -1.08. The Morgan fingerprint density at radius 1 is 1.45 bits per heavy atom. The first-order chi connectivity index (χ1) is 13.2. The first-order valence-electron chi connectivity index (χ1n) is 9.53. The van der Waals surface area contributed by atoms with Crippen molar-refractivity contribution in [2.75, 3.05) is 39.9 Å². The fourth-order valence-electron chi connectivity index (χ4n) is 2.78. The standard InChI is InChI=1S/C18H30F3N5O2.HI/c1-4-22-16(26(3)11-12-28-13-14-5-6-14)24-8-7-17(27,18(19,20)21)15-23-9-10-25(15)2;/h9-10,14,27H,4-8,11-13H2,1-3H3,(H,22,24);1H. The molecule has 11 heteroatoms. The van der Waals surface area contributed by atoms with Crippen molar-refractivity contribution in [2.24, 2.45) is 18.0 Å². The van der Waals surface area contributed by atoms with E-state index in [-0.39, 0.29) is 30.5 Å². The van der Waals surface area contributed by atoms with Gasteiger partial charge in [0.2, 0.25) is 5.60 Å². The Labute approximate surface area is 186 Å². The highest BCUT2D eigenvalue weighted by Gasteiger charge is 2.57. The molecule has 2 rings (SSSR count). The summed E-state index contributed by atoms with van der Waals surface area (Å²) < 4.78 is 47.5. The van der Waals surface area contributed by atoms with E-state index in [4.69, 9.17) is 4.74 Å². The number of nitrogens with one attached hydrogen (secondary N) is 1. The monoisotopic (exact) mass is 533 g/mol. The van der Waals surface area contributed by atoms with Gasteiger partial charge in [0.15, 0.2) is 5.96 Å². The van der Waals surface area contributed by atoms with Gasteiger partial charge in [-0.3, -0.25) is 4.99 Å². The molecule has 29 heavy (non-hydrogen) atoms. The molecule has 0 spiro atoms. The molecule has 0 saturated heterocycles. The average Bonchev–Trinajstić information content (AvgIpc) is 3.35. The van der Waals surface area contributed by atoms with Crippen LogP contribution < -0.4 is 5.32 Å². The molecule has 1 saturated carbocycles. The summed E-state index contributed by atoms with van der Waals surface area (Å²) in [4.78, 5) is 9.76. The van der Waals surface area contributed by atoms with Crippen LogP contribution in [-0.4, -0.2) is 71.6 Å². The summed E-state index contributed by atoms with van der Waals surface area (Å²) in [6.07, 6.45) is -0.440. The van der Waals surface area contributed by atoms with Crippen LogP contribution in [0.1, 0.15) is 32.0 Å². The molecule has 1 atom stereocenters. The minimum Gasteiger partial charge on any atom is -0.379 e. The zero-order chi connectivity index (χ0) is 20.8. The largest absolute Gasteiger partial charge is 0.424 e. The molecule has 1 aromatic rings. The molecule has 1 aliphatic rings. The predicted octanol–water partition coefficient (Wildman–Crippen LogP) is 2.50. The van der Waals surface area contributed by atoms with Crippen molar-refractivity contribution < 1.29 is 23.0 Å². The molecular formula is C18H31F3IN5O2. The molecule has 0 aliphatic heterocycles. The molecule has 1 unspecified atom stereocenters. The summed E-state index contributed by atoms with van der Waals surface area (Å²) in [7, 11) is 3.22. The number of rotatable bonds is 10. The van der Waals surface area contributed by atoms with Crippen LogP contribution in [0.4, 0.5) is 13.2 Å². The van der Waals surface area contributed by atoms with Gasteiger partial charge in [-0.15, -0.1) is 24.0 Å². The summed E-state index contributed by atoms with van der Waals surface area (Å²) in [5, 5.41) is 13.4. The van der Waals surface area contributed by atoms with E-state index < -0.39 is 24.0 Å². The molecule has 1 heterocycles. The lowest BCUT2D eigenvalue weighted by molar-refractivity contribution is -0.272. The third kappa shape index (κ3) is 7.28. The number of likely N-dealkylation sites (N-methyl/N-ethyl adjacent to an activating group) is 1. The number of hydrogen-bond donors (Lipinski definition) is 2. The van der Waals surface area contributed by atoms with Gasteiger partial charge in [-0.25, -0.2) is 4.98 Å². The first-order valence-corrected chi connectivity index (χ1v) is 9.53. The van der Waals surface area contributed by atoms with Crippen LogP contribution in [0.5, 0.6) is 0 Å². The number of aromatic nitrogens is 2. The van der Waals surface area contributed by atoms with Crippen LogP contribution in [0, 0.1) is 5.92 Å². The topological polar surface area (TPSA) is 74.9 Å². The highest BCUT2D eigenvalue weighted by molar-refractivity contribution is 14.0. The van der Waals surface area contributed by atoms with E-state index in [1.807, 2.05) is 11.8 Å². The fraction of sp³-hybridized carbons (Fsp3) is 0.778. The van der Waals surface area contributed by atoms with E-state index in [0.29, 0.717) is 31.6 Å². The highest BCUT2D eigenvalue weighted by Crippen LogP contribution is 2.40. The Morgan fingerprint density at radius 2 is 2.14 bits per heavy atom. The predicted molar refractivity (Wildman–Crippen MR) is 115 cm³/mol. The molecule has 1 aliphatic carbocycles. The van der Waals surface area contributed by atoms with Crippen LogP contribution in [-0.2, 0) is 17.4 Å². The lowest BCUT2D eigenvalue weighted by Crippen LogP contribution is -2.45. The van der Waals surface area contributed by atoms with Crippen molar-refractivity contribution in [3.05, 3.63) is 18.2 Å². The maximum Gasteiger partial charge on any atom is 0.424 e. The number of guanidine groups is 1. The van der Waals surface area contributed by atoms with E-state index in [1.165, 1.54) is 36.9 Å². The van der Waals surface area contributed by atoms with Crippen molar-refractivity contribution in [2.45, 2.75) is 38.0 Å². The number of aliphatic hydroxyl groups is 1. The van der Waals surface area contributed by atoms with Gasteiger partial charge in [0.1, 0.15) is 5.82 Å². The second kappa shape index (κ2) is 11.3. The van der Waals surface area contributed by atoms with Gasteiger partial charge in [0.05, 0.1) is 6.61 Å². The average molecular weight is 533 g/mol. The van der Waals surface area contributed by atoms with Crippen molar-refractivity contribution in [1.29, 1.82) is 0 Å². The second-order valence-corrected chi connectivity index (χ2v) is 7.15. The summed E-state index contributed by atoms with van der Waals surface area (Å²) >= 11 is 0. The molecule has 0 aromatic carbocycles. The van der Waals surface area contributed by atoms with E-state index in [2.05, 4.69) is 15.3 Å². The summed E-state index contributed by atoms with van der Waals surface area (Å²) in [5.41, 5.74) is -3.06. The fourth-order valence-corrected chi connectivity index (χ4v) is 2.78. The molecule has 0 amide bonds. The highest BCUT2D eigenvalue weighted by atomic mass is 127. The van der Waals surface area contributed by atoms with Crippen LogP contribution in [0.3, 0.4) is 0 Å². The van der Waals surface area contributed by atoms with Crippen molar-refractivity contribution in [3.8, 4) is 0 Å². The van der Waals surface area contributed by atoms with Gasteiger partial charge in [-0.2, -0.15) is 13.2 Å². The molecular weight excluding hydrogens is 502 g/mol. The summed E-state index contributed by atoms with van der Waals surface area (Å²) in [5.74, 6) is 0.710. The maximum absolute atomic E-state index is 13.6. The quantitative estimate of drug-likeness (QED) is 0.209. The Bertz CT molecular complexity index is 652. The van der Waals surface area contributed by atoms with Gasteiger partial charge in [-0.1, -0.05) is 0 Å². The normalized spacial score (nSPS) is 16.9. The number of alkyl halides is 3. The minimum absolute atomic E-state index is 0. The number of aryl methyl sites for hydroxylation is 1. The van der Waals surface area contributed by atoms with Gasteiger partial charge < -0.3 is 24.6 Å². The number of imidazole rings is 1. The Balaban J connectivity index is 0.00000420. The van der Waals surface area contributed by atoms with Crippen molar-refractivity contribution >= 4 is 29.9 Å². The first kappa shape index (κ1) is 26.0. The van der Waals surface area contributed by atoms with Crippen LogP contribution in [0.15, 0.2) is 17.4 Å². The zero-order valence-electron chi connectivity index (χ0n) is 17.1. The molecule has 168 valence electrons. The number of hydrogen-bond acceptors (Lipinski definition) is 4. The van der Waals surface area contributed by atoms with Crippen LogP contribution >= 0.6 is 24.0 Å². The van der Waals surface area contributed by atoms with Gasteiger partial charge in [0.25, 0.3) is 0 Å². The third-order valence-corrected chi connectivity index (χ3v) is 4.71. The van der Waals surface area contributed by atoms with E-state index in [9.17, 15) is 18.3 Å².